The van der Waals surface area contributed by atoms with Crippen LogP contribution in [0.3, 0.4) is 0 Å². The largest absolute Gasteiger partial charge is 0.229 e. The lowest BCUT2D eigenvalue weighted by Crippen LogP contribution is -2.07. The molecule has 0 aliphatic heterocycles. The lowest BCUT2D eigenvalue weighted by atomic mass is 10.1. The molecule has 0 aliphatic carbocycles. The van der Waals surface area contributed by atoms with Gasteiger partial charge >= 0.3 is 0 Å². The third-order valence-corrected chi connectivity index (χ3v) is 0.959. The number of nitrogens with one attached hydrogen (secondary N) is 1. The van der Waals surface area contributed by atoms with Crippen molar-refractivity contribution in [3.63, 3.8) is 0 Å². The molecule has 0 spiro atoms. The van der Waals surface area contributed by atoms with Crippen LogP contribution in [0.1, 0.15) is 20.8 Å². The molecule has 0 rings (SSSR count). The molecule has 0 aliphatic rings. The van der Waals surface area contributed by atoms with E-state index in [0.717, 1.165) is 11.4 Å². The van der Waals surface area contributed by atoms with E-state index in [1.165, 1.54) is 0 Å². The maximum absolute atomic E-state index is 6.61. The predicted molar refractivity (Wildman–Crippen MR) is 32.3 cm³/mol. The molecule has 0 heterocycles. The van der Waals surface area contributed by atoms with Crippen LogP contribution < -0.4 is 0 Å². The maximum atomic E-state index is 6.61. The average molecular weight is 118 g/mol. The molecular formula is C4H10N2S. The SMILES string of the molecule is CC(C)(C)N=S=N. The Kier molecular flexibility index (Phi) is 2.15. The molecule has 0 atom stereocenters. The molecule has 0 fully saturated rings. The van der Waals surface area contributed by atoms with E-state index in [4.69, 9.17) is 4.78 Å². The first-order valence-electron chi connectivity index (χ1n) is 2.11. The van der Waals surface area contributed by atoms with Gasteiger partial charge in [-0.25, -0.2) is 9.14 Å². The predicted octanol–water partition coefficient (Wildman–Crippen LogP) is 1.81. The van der Waals surface area contributed by atoms with Crippen LogP contribution in [-0.4, -0.2) is 5.54 Å². The van der Waals surface area contributed by atoms with Gasteiger partial charge in [0.15, 0.2) is 0 Å². The Morgan fingerprint density at radius 1 is 1.43 bits per heavy atom. The van der Waals surface area contributed by atoms with Crippen molar-refractivity contribution in [1.82, 2.24) is 0 Å². The van der Waals surface area contributed by atoms with E-state index in [1.54, 1.807) is 0 Å². The van der Waals surface area contributed by atoms with Crippen LogP contribution in [0, 0.1) is 4.78 Å². The van der Waals surface area contributed by atoms with Crippen molar-refractivity contribution < 1.29 is 0 Å². The van der Waals surface area contributed by atoms with Crippen molar-refractivity contribution >= 4 is 11.4 Å². The minimum atomic E-state index is -0.0492. The summed E-state index contributed by atoms with van der Waals surface area (Å²) in [6.07, 6.45) is 0. The highest BCUT2D eigenvalue weighted by molar-refractivity contribution is 7.55. The van der Waals surface area contributed by atoms with Gasteiger partial charge in [-0.3, -0.25) is 0 Å². The van der Waals surface area contributed by atoms with E-state index in [1.807, 2.05) is 20.8 Å². The zero-order chi connectivity index (χ0) is 5.91. The summed E-state index contributed by atoms with van der Waals surface area (Å²) in [6.45, 7) is 5.90. The molecule has 3 heteroatoms. The second-order valence-electron chi connectivity index (χ2n) is 2.35. The monoisotopic (exact) mass is 118 g/mol. The minimum absolute atomic E-state index is 0.0492. The van der Waals surface area contributed by atoms with E-state index in [2.05, 4.69) is 4.36 Å². The highest BCUT2D eigenvalue weighted by atomic mass is 32.1. The first-order valence-corrected chi connectivity index (χ1v) is 2.88. The van der Waals surface area contributed by atoms with Crippen molar-refractivity contribution in [2.24, 2.45) is 4.36 Å². The number of rotatable bonds is 0. The maximum Gasteiger partial charge on any atom is 0.0661 e. The lowest BCUT2D eigenvalue weighted by Gasteiger charge is -2.05. The van der Waals surface area contributed by atoms with Gasteiger partial charge < -0.3 is 0 Å². The van der Waals surface area contributed by atoms with Crippen molar-refractivity contribution in [3.8, 4) is 0 Å². The minimum Gasteiger partial charge on any atom is -0.229 e. The summed E-state index contributed by atoms with van der Waals surface area (Å²) in [4.78, 5) is 0. The quantitative estimate of drug-likeness (QED) is 0.503. The second-order valence-corrected chi connectivity index (χ2v) is 2.72. The molecule has 0 unspecified atom stereocenters. The molecule has 0 amide bonds. The zero-order valence-electron chi connectivity index (χ0n) is 4.86. The summed E-state index contributed by atoms with van der Waals surface area (Å²) >= 11 is 0.784. The van der Waals surface area contributed by atoms with Gasteiger partial charge in [0, 0.05) is 0 Å². The summed E-state index contributed by atoms with van der Waals surface area (Å²) < 4.78 is 10.4. The average Bonchev–Trinajstić information content (AvgIpc) is 1.30. The molecule has 0 saturated heterocycles. The Balaban J connectivity index is 3.80. The molecular weight excluding hydrogens is 108 g/mol. The molecule has 0 aromatic rings. The second kappa shape index (κ2) is 2.21. The third kappa shape index (κ3) is 5.82. The number of hydrogen-bond donors (Lipinski definition) is 1. The van der Waals surface area contributed by atoms with Gasteiger partial charge in [0.2, 0.25) is 0 Å². The molecule has 1 N–H and O–H groups in total. The Morgan fingerprint density at radius 3 is 1.86 bits per heavy atom. The molecule has 7 heavy (non-hydrogen) atoms. The van der Waals surface area contributed by atoms with Crippen molar-refractivity contribution in [1.29, 1.82) is 4.78 Å². The van der Waals surface area contributed by atoms with E-state index in [-0.39, 0.29) is 5.54 Å². The molecule has 0 bridgehead atoms. The summed E-state index contributed by atoms with van der Waals surface area (Å²) in [5.41, 5.74) is -0.0492. The summed E-state index contributed by atoms with van der Waals surface area (Å²) in [6, 6.07) is 0. The van der Waals surface area contributed by atoms with E-state index < -0.39 is 0 Å². The fraction of sp³-hybridized carbons (Fsp3) is 1.00. The third-order valence-electron chi connectivity index (χ3n) is 0.320. The van der Waals surface area contributed by atoms with Crippen LogP contribution in [0.4, 0.5) is 0 Å². The fourth-order valence-electron chi connectivity index (χ4n) is 0.137. The van der Waals surface area contributed by atoms with Gasteiger partial charge in [-0.1, -0.05) is 0 Å². The van der Waals surface area contributed by atoms with Gasteiger partial charge in [0.1, 0.15) is 0 Å². The Hall–Kier alpha value is -0.180. The van der Waals surface area contributed by atoms with Crippen molar-refractivity contribution in [3.05, 3.63) is 0 Å². The summed E-state index contributed by atoms with van der Waals surface area (Å²) in [7, 11) is 0. The highest BCUT2D eigenvalue weighted by Crippen LogP contribution is 2.03. The van der Waals surface area contributed by atoms with Crippen LogP contribution in [-0.2, 0) is 11.4 Å². The Labute approximate surface area is 47.6 Å². The smallest absolute Gasteiger partial charge is 0.0661 e. The van der Waals surface area contributed by atoms with Crippen LogP contribution in [0.15, 0.2) is 4.36 Å². The number of nitrogens with zero attached hydrogens (tertiary/aromatic N) is 1. The molecule has 0 aromatic carbocycles. The van der Waals surface area contributed by atoms with Gasteiger partial charge in [-0.15, -0.1) is 0 Å². The van der Waals surface area contributed by atoms with Crippen LogP contribution in [0.2, 0.25) is 0 Å². The van der Waals surface area contributed by atoms with Crippen LogP contribution in [0.5, 0.6) is 0 Å². The van der Waals surface area contributed by atoms with E-state index >= 15 is 0 Å². The van der Waals surface area contributed by atoms with Gasteiger partial charge in [-0.05, 0) is 20.8 Å². The first kappa shape index (κ1) is 6.82. The van der Waals surface area contributed by atoms with Crippen molar-refractivity contribution in [2.45, 2.75) is 26.3 Å². The van der Waals surface area contributed by atoms with Gasteiger partial charge in [-0.2, -0.15) is 0 Å². The lowest BCUT2D eigenvalue weighted by molar-refractivity contribution is 0.594. The Bertz CT molecular complexity index is 96.7. The fourth-order valence-corrected chi connectivity index (χ4v) is 0.411. The summed E-state index contributed by atoms with van der Waals surface area (Å²) in [5.74, 6) is 0. The number of hydrogen-bond acceptors (Lipinski definition) is 2. The molecule has 0 saturated carbocycles. The van der Waals surface area contributed by atoms with E-state index in [0.29, 0.717) is 0 Å². The molecule has 42 valence electrons. The first-order chi connectivity index (χ1) is 3.06. The standard InChI is InChI=1S/C4H10N2S/c1-4(2,3)6-7-5/h5H,1-3H3. The molecule has 0 radical (unpaired) electrons. The topological polar surface area (TPSA) is 36.2 Å². The van der Waals surface area contributed by atoms with Gasteiger partial charge in [0.25, 0.3) is 0 Å². The zero-order valence-corrected chi connectivity index (χ0v) is 5.67. The highest BCUT2D eigenvalue weighted by Gasteiger charge is 2.03. The van der Waals surface area contributed by atoms with E-state index in [9.17, 15) is 0 Å². The van der Waals surface area contributed by atoms with Crippen LogP contribution >= 0.6 is 0 Å². The van der Waals surface area contributed by atoms with Gasteiger partial charge in [0.05, 0.1) is 16.9 Å². The molecule has 0 aromatic heterocycles. The normalized spacial score (nSPS) is 10.7. The summed E-state index contributed by atoms with van der Waals surface area (Å²) in [5, 5.41) is 0. The van der Waals surface area contributed by atoms with Crippen molar-refractivity contribution in [2.75, 3.05) is 0 Å². The molecule has 2 nitrogen and oxygen atoms in total. The van der Waals surface area contributed by atoms with Crippen LogP contribution in [0.25, 0.3) is 0 Å². The Morgan fingerprint density at radius 2 is 1.86 bits per heavy atom.